The first kappa shape index (κ1) is 22.2. The summed E-state index contributed by atoms with van der Waals surface area (Å²) in [6, 6.07) is 15.6. The van der Waals surface area contributed by atoms with Crippen LogP contribution in [-0.2, 0) is 29.6 Å². The average Bonchev–Trinajstić information content (AvgIpc) is 3.03. The fourth-order valence-electron chi connectivity index (χ4n) is 3.47. The molecule has 0 spiro atoms. The van der Waals surface area contributed by atoms with Crippen LogP contribution in [0.25, 0.3) is 0 Å². The third-order valence-electron chi connectivity index (χ3n) is 4.87. The molecule has 0 unspecified atom stereocenters. The predicted octanol–water partition coefficient (Wildman–Crippen LogP) is 4.23. The molecule has 0 aromatic heterocycles. The summed E-state index contributed by atoms with van der Waals surface area (Å²) in [5.74, 6) is -0.350. The third kappa shape index (κ3) is 4.64. The Bertz CT molecular complexity index is 920. The van der Waals surface area contributed by atoms with Crippen molar-refractivity contribution in [1.82, 2.24) is 4.90 Å². The summed E-state index contributed by atoms with van der Waals surface area (Å²) in [4.78, 5) is 26.3. The van der Waals surface area contributed by atoms with Crippen molar-refractivity contribution >= 4 is 24.9 Å². The van der Waals surface area contributed by atoms with E-state index in [0.29, 0.717) is 10.9 Å². The highest BCUT2D eigenvalue weighted by Crippen LogP contribution is 2.46. The maximum atomic E-state index is 12.8. The Morgan fingerprint density at radius 2 is 1.63 bits per heavy atom. The van der Waals surface area contributed by atoms with Gasteiger partial charge in [0.15, 0.2) is 0 Å². The first-order valence-corrected chi connectivity index (χ1v) is 11.5. The van der Waals surface area contributed by atoms with Crippen LogP contribution in [0.4, 0.5) is 4.79 Å². The molecule has 30 heavy (non-hydrogen) atoms. The van der Waals surface area contributed by atoms with Crippen LogP contribution in [0, 0.1) is 0 Å². The molecular weight excluding hydrogens is 405 g/mol. The molecular formula is C22H26NO6P. The Hall–Kier alpha value is -2.47. The van der Waals surface area contributed by atoms with Gasteiger partial charge in [-0.1, -0.05) is 42.5 Å². The maximum absolute atomic E-state index is 12.8. The highest BCUT2D eigenvalue weighted by atomic mass is 31.2. The van der Waals surface area contributed by atoms with E-state index in [2.05, 4.69) is 0 Å². The molecule has 8 heteroatoms. The summed E-state index contributed by atoms with van der Waals surface area (Å²) in [7, 11) is -3.38. The van der Waals surface area contributed by atoms with Gasteiger partial charge in [-0.25, -0.2) is 9.69 Å². The van der Waals surface area contributed by atoms with Crippen molar-refractivity contribution in [2.45, 2.75) is 39.3 Å². The quantitative estimate of drug-likeness (QED) is 0.582. The molecule has 2 aromatic rings. The monoisotopic (exact) mass is 431 g/mol. The van der Waals surface area contributed by atoms with Crippen molar-refractivity contribution in [3.8, 4) is 0 Å². The molecule has 1 heterocycles. The molecule has 3 rings (SSSR count). The zero-order valence-corrected chi connectivity index (χ0v) is 18.2. The van der Waals surface area contributed by atoms with Crippen LogP contribution in [0.1, 0.15) is 38.0 Å². The molecule has 1 aliphatic heterocycles. The summed E-state index contributed by atoms with van der Waals surface area (Å²) in [5, 5.41) is 0.431. The van der Waals surface area contributed by atoms with Crippen molar-refractivity contribution in [3.63, 3.8) is 0 Å². The molecule has 1 aliphatic rings. The van der Waals surface area contributed by atoms with Crippen LogP contribution < -0.4 is 5.30 Å². The Labute approximate surface area is 176 Å². The SMILES string of the molecule is CCOP(=O)(OCC)c1ccc(CC(=O)N2C(=O)O[C@@H](c3ccccc3)[C@H]2C)cc1. The number of hydrogen-bond acceptors (Lipinski definition) is 6. The molecule has 0 radical (unpaired) electrons. The number of amides is 2. The molecule has 160 valence electrons. The van der Waals surface area contributed by atoms with E-state index in [1.807, 2.05) is 30.3 Å². The van der Waals surface area contributed by atoms with E-state index in [1.54, 1.807) is 45.0 Å². The Balaban J connectivity index is 1.71. The Kier molecular flexibility index (Phi) is 7.08. The number of nitrogens with zero attached hydrogens (tertiary/aromatic N) is 1. The topological polar surface area (TPSA) is 82.1 Å². The number of carbonyl (C=O) groups is 2. The molecule has 0 bridgehead atoms. The number of ether oxygens (including phenoxy) is 1. The van der Waals surface area contributed by atoms with E-state index in [-0.39, 0.29) is 25.5 Å². The highest BCUT2D eigenvalue weighted by Gasteiger charge is 2.43. The summed E-state index contributed by atoms with van der Waals surface area (Å²) in [6.07, 6.45) is -1.11. The minimum absolute atomic E-state index is 0.0226. The maximum Gasteiger partial charge on any atom is 0.417 e. The standard InChI is InChI=1S/C22H26NO6P/c1-4-27-30(26,28-5-2)19-13-11-17(12-14-19)15-20(24)23-16(3)21(29-22(23)25)18-9-7-6-8-10-18/h6-14,16,21H,4-5,15H2,1-3H3/t16-,21-/m1/s1. The first-order valence-electron chi connectivity index (χ1n) is 9.95. The normalized spacial score (nSPS) is 19.0. The molecule has 1 fully saturated rings. The first-order chi connectivity index (χ1) is 14.4. The van der Waals surface area contributed by atoms with Gasteiger partial charge in [0.1, 0.15) is 6.10 Å². The van der Waals surface area contributed by atoms with Gasteiger partial charge in [-0.3, -0.25) is 9.36 Å². The third-order valence-corrected chi connectivity index (χ3v) is 7.00. The highest BCUT2D eigenvalue weighted by molar-refractivity contribution is 7.62. The Morgan fingerprint density at radius 1 is 1.03 bits per heavy atom. The van der Waals surface area contributed by atoms with Crippen molar-refractivity contribution in [3.05, 3.63) is 65.7 Å². The van der Waals surface area contributed by atoms with E-state index in [4.69, 9.17) is 13.8 Å². The average molecular weight is 431 g/mol. The molecule has 0 N–H and O–H groups in total. The van der Waals surface area contributed by atoms with Gasteiger partial charge in [0, 0.05) is 0 Å². The van der Waals surface area contributed by atoms with E-state index < -0.39 is 25.8 Å². The van der Waals surface area contributed by atoms with Crippen LogP contribution >= 0.6 is 7.60 Å². The molecule has 2 aromatic carbocycles. The van der Waals surface area contributed by atoms with E-state index in [9.17, 15) is 14.2 Å². The van der Waals surface area contributed by atoms with Gasteiger partial charge in [0.25, 0.3) is 0 Å². The van der Waals surface area contributed by atoms with Gasteiger partial charge >= 0.3 is 13.7 Å². The summed E-state index contributed by atoms with van der Waals surface area (Å²) < 4.78 is 29.0. The smallest absolute Gasteiger partial charge is 0.417 e. The van der Waals surface area contributed by atoms with Crippen LogP contribution in [-0.4, -0.2) is 36.2 Å². The Morgan fingerprint density at radius 3 is 2.20 bits per heavy atom. The number of carbonyl (C=O) groups excluding carboxylic acids is 2. The van der Waals surface area contributed by atoms with Crippen molar-refractivity contribution in [2.24, 2.45) is 0 Å². The number of rotatable bonds is 8. The second-order valence-corrected chi connectivity index (χ2v) is 8.92. The molecule has 0 aliphatic carbocycles. The lowest BCUT2D eigenvalue weighted by Gasteiger charge is -2.20. The fourth-order valence-corrected chi connectivity index (χ4v) is 5.03. The fraction of sp³-hybridized carbons (Fsp3) is 0.364. The second-order valence-electron chi connectivity index (χ2n) is 6.90. The largest absolute Gasteiger partial charge is 0.439 e. The number of benzene rings is 2. The van der Waals surface area contributed by atoms with Crippen LogP contribution in [0.3, 0.4) is 0 Å². The van der Waals surface area contributed by atoms with Crippen LogP contribution in [0.2, 0.25) is 0 Å². The number of cyclic esters (lactones) is 1. The molecule has 2 atom stereocenters. The zero-order valence-electron chi connectivity index (χ0n) is 17.3. The summed E-state index contributed by atoms with van der Waals surface area (Å²) >= 11 is 0. The molecule has 1 saturated heterocycles. The summed E-state index contributed by atoms with van der Waals surface area (Å²) in [5.41, 5.74) is 1.53. The lowest BCUT2D eigenvalue weighted by atomic mass is 10.0. The molecule has 2 amide bonds. The molecule has 7 nitrogen and oxygen atoms in total. The zero-order chi connectivity index (χ0) is 21.7. The second kappa shape index (κ2) is 9.56. The predicted molar refractivity (Wildman–Crippen MR) is 113 cm³/mol. The van der Waals surface area contributed by atoms with Crippen LogP contribution in [0.15, 0.2) is 54.6 Å². The lowest BCUT2D eigenvalue weighted by molar-refractivity contribution is -0.128. The number of imide groups is 1. The van der Waals surface area contributed by atoms with E-state index in [1.165, 1.54) is 0 Å². The van der Waals surface area contributed by atoms with Gasteiger partial charge in [-0.05, 0) is 44.0 Å². The lowest BCUT2D eigenvalue weighted by Crippen LogP contribution is -2.38. The van der Waals surface area contributed by atoms with Crippen molar-refractivity contribution in [2.75, 3.05) is 13.2 Å². The van der Waals surface area contributed by atoms with Gasteiger partial charge < -0.3 is 13.8 Å². The van der Waals surface area contributed by atoms with Gasteiger partial charge in [0.05, 0.1) is 31.0 Å². The minimum atomic E-state index is -3.38. The number of hydrogen-bond donors (Lipinski definition) is 0. The van der Waals surface area contributed by atoms with Crippen molar-refractivity contribution < 1.29 is 27.9 Å². The minimum Gasteiger partial charge on any atom is -0.439 e. The summed E-state index contributed by atoms with van der Waals surface area (Å²) in [6.45, 7) is 5.81. The van der Waals surface area contributed by atoms with Gasteiger partial charge in [0.2, 0.25) is 5.91 Å². The van der Waals surface area contributed by atoms with Crippen molar-refractivity contribution in [1.29, 1.82) is 0 Å². The van der Waals surface area contributed by atoms with Gasteiger partial charge in [-0.2, -0.15) is 0 Å². The van der Waals surface area contributed by atoms with E-state index in [0.717, 1.165) is 10.5 Å². The van der Waals surface area contributed by atoms with Crippen LogP contribution in [0.5, 0.6) is 0 Å². The molecule has 0 saturated carbocycles. The van der Waals surface area contributed by atoms with E-state index >= 15 is 0 Å². The van der Waals surface area contributed by atoms with Gasteiger partial charge in [-0.15, -0.1) is 0 Å².